The molecule has 0 spiro atoms. The van der Waals surface area contributed by atoms with Crippen molar-refractivity contribution >= 4 is 35.7 Å². The van der Waals surface area contributed by atoms with E-state index in [4.69, 9.17) is 21.3 Å². The van der Waals surface area contributed by atoms with Gasteiger partial charge in [0.2, 0.25) is 0 Å². The van der Waals surface area contributed by atoms with Gasteiger partial charge in [-0.1, -0.05) is 17.7 Å². The first-order valence-corrected chi connectivity index (χ1v) is 10.8. The molecule has 1 saturated carbocycles. The predicted molar refractivity (Wildman–Crippen MR) is 124 cm³/mol. The number of aliphatic imine (C=N–C) groups is 2. The second-order valence-electron chi connectivity index (χ2n) is 7.74. The number of rotatable bonds is 7. The third-order valence-corrected chi connectivity index (χ3v) is 5.79. The van der Waals surface area contributed by atoms with E-state index in [-0.39, 0.29) is 12.0 Å². The fraction of sp³-hybridized carbons (Fsp3) is 0.333. The third kappa shape index (κ3) is 4.85. The highest BCUT2D eigenvalue weighted by Gasteiger charge is 2.34. The number of halogens is 1. The number of allylic oxidation sites excluding steroid dienone is 1. The lowest BCUT2D eigenvalue weighted by Crippen LogP contribution is -2.31. The van der Waals surface area contributed by atoms with E-state index < -0.39 is 0 Å². The van der Waals surface area contributed by atoms with Crippen molar-refractivity contribution in [2.45, 2.75) is 31.7 Å². The van der Waals surface area contributed by atoms with Crippen LogP contribution in [0.25, 0.3) is 0 Å². The number of methoxy groups -OCH3 is 1. The van der Waals surface area contributed by atoms with Crippen LogP contribution in [0.3, 0.4) is 0 Å². The highest BCUT2D eigenvalue weighted by atomic mass is 35.5. The lowest BCUT2D eigenvalue weighted by Gasteiger charge is -2.29. The smallest absolute Gasteiger partial charge is 0.305 e. The first-order chi connectivity index (χ1) is 15.1. The van der Waals surface area contributed by atoms with Gasteiger partial charge in [0.25, 0.3) is 0 Å². The van der Waals surface area contributed by atoms with Crippen LogP contribution in [-0.2, 0) is 9.53 Å². The zero-order valence-electron chi connectivity index (χ0n) is 17.5. The number of nitrogens with zero attached hydrogens (tertiary/aromatic N) is 4. The highest BCUT2D eigenvalue weighted by Crippen LogP contribution is 2.42. The van der Waals surface area contributed by atoms with E-state index in [1.807, 2.05) is 42.6 Å². The number of carbonyl (C=O) groups excluding carboxylic acids is 1. The Morgan fingerprint density at radius 1 is 1.35 bits per heavy atom. The number of hydrogen-bond acceptors (Lipinski definition) is 6. The van der Waals surface area contributed by atoms with E-state index in [0.29, 0.717) is 30.3 Å². The van der Waals surface area contributed by atoms with Gasteiger partial charge in [0.15, 0.2) is 0 Å². The van der Waals surface area contributed by atoms with E-state index in [2.05, 4.69) is 21.6 Å². The summed E-state index contributed by atoms with van der Waals surface area (Å²) in [7, 11) is 1.41. The van der Waals surface area contributed by atoms with Crippen LogP contribution in [0.2, 0.25) is 5.02 Å². The lowest BCUT2D eigenvalue weighted by atomic mass is 10.0. The van der Waals surface area contributed by atoms with Crippen molar-refractivity contribution in [2.75, 3.05) is 18.6 Å². The molecule has 6 nitrogen and oxygen atoms in total. The third-order valence-electron chi connectivity index (χ3n) is 5.56. The number of benzodiazepines with no additional fused rings is 1. The van der Waals surface area contributed by atoms with Gasteiger partial charge in [0.1, 0.15) is 0 Å². The predicted octanol–water partition coefficient (Wildman–Crippen LogP) is 4.67. The summed E-state index contributed by atoms with van der Waals surface area (Å²) in [5, 5.41) is 0.633. The molecule has 31 heavy (non-hydrogen) atoms. The number of fused-ring (bicyclic) bond motifs is 1. The molecule has 2 aromatic rings. The van der Waals surface area contributed by atoms with Gasteiger partial charge in [0.05, 0.1) is 30.2 Å². The Morgan fingerprint density at radius 2 is 2.19 bits per heavy atom. The molecule has 0 radical (unpaired) electrons. The Kier molecular flexibility index (Phi) is 6.47. The molecule has 2 aliphatic rings. The average Bonchev–Trinajstić information content (AvgIpc) is 3.64. The van der Waals surface area contributed by atoms with Crippen LogP contribution in [-0.4, -0.2) is 43.1 Å². The minimum Gasteiger partial charge on any atom is -0.469 e. The van der Waals surface area contributed by atoms with Crippen molar-refractivity contribution in [1.82, 2.24) is 4.98 Å². The molecule has 0 amide bonds. The Bertz CT molecular complexity index is 1030. The molecule has 1 atom stereocenters. The van der Waals surface area contributed by atoms with Crippen molar-refractivity contribution in [3.05, 3.63) is 70.8 Å². The molecular formula is C24H25ClN4O2. The summed E-state index contributed by atoms with van der Waals surface area (Å²) < 4.78 is 4.86. The largest absolute Gasteiger partial charge is 0.469 e. The Morgan fingerprint density at radius 3 is 2.87 bits per heavy atom. The van der Waals surface area contributed by atoms with E-state index in [0.717, 1.165) is 41.2 Å². The minimum absolute atomic E-state index is 0.130. The van der Waals surface area contributed by atoms with Gasteiger partial charge < -0.3 is 9.64 Å². The number of aromatic nitrogens is 1. The Balaban J connectivity index is 1.84. The fourth-order valence-corrected chi connectivity index (χ4v) is 4.07. The number of anilines is 1. The van der Waals surface area contributed by atoms with Gasteiger partial charge >= 0.3 is 5.97 Å². The van der Waals surface area contributed by atoms with E-state index in [1.54, 1.807) is 6.20 Å². The maximum absolute atomic E-state index is 11.8. The van der Waals surface area contributed by atoms with Gasteiger partial charge in [-0.25, -0.2) is 0 Å². The van der Waals surface area contributed by atoms with E-state index in [1.165, 1.54) is 7.11 Å². The van der Waals surface area contributed by atoms with Crippen molar-refractivity contribution in [3.63, 3.8) is 0 Å². The molecule has 1 aliphatic heterocycles. The monoisotopic (exact) mass is 436 g/mol. The molecule has 0 bridgehead atoms. The molecule has 1 aromatic carbocycles. The maximum Gasteiger partial charge on any atom is 0.305 e. The van der Waals surface area contributed by atoms with Crippen LogP contribution in [0, 0.1) is 5.92 Å². The minimum atomic E-state index is -0.239. The first-order valence-electron chi connectivity index (χ1n) is 10.4. The van der Waals surface area contributed by atoms with Crippen molar-refractivity contribution in [3.8, 4) is 0 Å². The van der Waals surface area contributed by atoms with Gasteiger partial charge in [-0.3, -0.25) is 19.8 Å². The van der Waals surface area contributed by atoms with Crippen LogP contribution in [0.5, 0.6) is 0 Å². The number of carbonyl (C=O) groups is 1. The van der Waals surface area contributed by atoms with Crippen LogP contribution >= 0.6 is 11.6 Å². The van der Waals surface area contributed by atoms with Crippen LogP contribution in [0.4, 0.5) is 5.69 Å². The average molecular weight is 437 g/mol. The number of ether oxygens (including phenoxy) is 1. The zero-order valence-corrected chi connectivity index (χ0v) is 18.3. The molecule has 2 heterocycles. The van der Waals surface area contributed by atoms with Crippen molar-refractivity contribution in [2.24, 2.45) is 15.9 Å². The van der Waals surface area contributed by atoms with Crippen molar-refractivity contribution < 1.29 is 9.53 Å². The number of hydrogen-bond donors (Lipinski definition) is 0. The Hall–Kier alpha value is -2.99. The Labute approximate surface area is 187 Å². The summed E-state index contributed by atoms with van der Waals surface area (Å²) in [6.45, 7) is 4.30. The quantitative estimate of drug-likeness (QED) is 0.467. The molecule has 7 heteroatoms. The number of esters is 1. The summed E-state index contributed by atoms with van der Waals surface area (Å²) >= 11 is 6.41. The number of pyridine rings is 1. The van der Waals surface area contributed by atoms with Crippen LogP contribution < -0.4 is 4.90 Å². The normalized spacial score (nSPS) is 18.6. The molecule has 1 fully saturated rings. The molecule has 0 saturated heterocycles. The summed E-state index contributed by atoms with van der Waals surface area (Å²) in [6.07, 6.45) is 6.72. The van der Waals surface area contributed by atoms with Gasteiger partial charge in [-0.15, -0.1) is 0 Å². The first kappa shape index (κ1) is 21.2. The fourth-order valence-electron chi connectivity index (χ4n) is 3.90. The summed E-state index contributed by atoms with van der Waals surface area (Å²) in [5.74, 6) is 0.211. The maximum atomic E-state index is 11.8. The second kappa shape index (κ2) is 9.43. The summed E-state index contributed by atoms with van der Waals surface area (Å²) in [5.41, 5.74) is 4.60. The SMILES string of the molecule is C=N/C=C(/C1CC1)N1C[C@H](CCC(=O)OC)N=C(c2ccccn2)c2cc(Cl)ccc21. The van der Waals surface area contributed by atoms with Gasteiger partial charge in [-0.05, 0) is 56.3 Å². The molecular weight excluding hydrogens is 412 g/mol. The molecule has 160 valence electrons. The van der Waals surface area contributed by atoms with E-state index in [9.17, 15) is 4.79 Å². The molecule has 0 N–H and O–H groups in total. The van der Waals surface area contributed by atoms with Crippen molar-refractivity contribution in [1.29, 1.82) is 0 Å². The molecule has 4 rings (SSSR count). The standard InChI is InChI=1S/C24H25ClN4O2/c1-26-14-22(16-6-7-16)29-15-18(9-11-23(30)31-2)28-24(20-5-3-4-12-27-20)19-13-17(25)8-10-21(19)29/h3-5,8,10,12-14,16,18H,1,6-7,9,11,15H2,2H3/b22-14-/t18-/m0/s1. The van der Waals surface area contributed by atoms with Gasteiger partial charge in [0, 0.05) is 47.6 Å². The zero-order chi connectivity index (χ0) is 21.8. The molecule has 0 unspecified atom stereocenters. The molecule has 1 aromatic heterocycles. The topological polar surface area (TPSA) is 67.2 Å². The summed E-state index contributed by atoms with van der Waals surface area (Å²) in [4.78, 5) is 27.8. The van der Waals surface area contributed by atoms with Gasteiger partial charge in [-0.2, -0.15) is 0 Å². The summed E-state index contributed by atoms with van der Waals surface area (Å²) in [6, 6.07) is 11.5. The molecule has 1 aliphatic carbocycles. The second-order valence-corrected chi connectivity index (χ2v) is 8.18. The van der Waals surface area contributed by atoms with Crippen LogP contribution in [0.15, 0.2) is 64.5 Å². The number of benzene rings is 1. The van der Waals surface area contributed by atoms with E-state index >= 15 is 0 Å². The highest BCUT2D eigenvalue weighted by molar-refractivity contribution is 6.31. The lowest BCUT2D eigenvalue weighted by molar-refractivity contribution is -0.140. The van der Waals surface area contributed by atoms with Crippen LogP contribution in [0.1, 0.15) is 36.9 Å².